The number of hydrogen-bond acceptors (Lipinski definition) is 6. The number of carbonyl (C=O) groups excluding carboxylic acids is 1. The van der Waals surface area contributed by atoms with Gasteiger partial charge in [0.1, 0.15) is 4.88 Å². The molecule has 0 radical (unpaired) electrons. The highest BCUT2D eigenvalue weighted by atomic mass is 32.2. The number of anilines is 1. The molecule has 0 unspecified atom stereocenters. The summed E-state index contributed by atoms with van der Waals surface area (Å²) in [7, 11) is -3.67. The van der Waals surface area contributed by atoms with E-state index in [-0.39, 0.29) is 10.8 Å². The van der Waals surface area contributed by atoms with Gasteiger partial charge in [0.25, 0.3) is 5.91 Å². The van der Waals surface area contributed by atoms with E-state index in [9.17, 15) is 13.2 Å². The number of sulfonamides is 1. The number of aromatic nitrogens is 2. The molecule has 9 heteroatoms. The summed E-state index contributed by atoms with van der Waals surface area (Å²) in [6.07, 6.45) is 0.600. The van der Waals surface area contributed by atoms with Crippen LogP contribution in [-0.4, -0.2) is 29.5 Å². The van der Waals surface area contributed by atoms with Gasteiger partial charge >= 0.3 is 0 Å². The molecule has 0 spiro atoms. The van der Waals surface area contributed by atoms with Crippen molar-refractivity contribution in [2.45, 2.75) is 44.6 Å². The molecule has 1 aromatic carbocycles. The fraction of sp³-hybridized carbons (Fsp3) is 0.400. The van der Waals surface area contributed by atoms with Crippen molar-refractivity contribution in [3.8, 4) is 0 Å². The van der Waals surface area contributed by atoms with Gasteiger partial charge in [-0.3, -0.25) is 4.79 Å². The van der Waals surface area contributed by atoms with Crippen molar-refractivity contribution in [3.63, 3.8) is 0 Å². The van der Waals surface area contributed by atoms with E-state index in [1.807, 2.05) is 6.92 Å². The topological polar surface area (TPSA) is 101 Å². The minimum Gasteiger partial charge on any atom is -0.321 e. The molecule has 0 aliphatic rings. The van der Waals surface area contributed by atoms with E-state index in [2.05, 4.69) is 19.6 Å². The van der Waals surface area contributed by atoms with Crippen molar-refractivity contribution in [2.75, 3.05) is 5.32 Å². The number of carbonyl (C=O) groups is 1. The van der Waals surface area contributed by atoms with Crippen LogP contribution in [-0.2, 0) is 16.4 Å². The van der Waals surface area contributed by atoms with Crippen LogP contribution in [0.1, 0.15) is 43.1 Å². The summed E-state index contributed by atoms with van der Waals surface area (Å²) in [5.74, 6) is -0.347. The Bertz CT molecular complexity index is 838. The minimum atomic E-state index is -3.67. The average molecular weight is 368 g/mol. The van der Waals surface area contributed by atoms with Crippen molar-refractivity contribution in [2.24, 2.45) is 0 Å². The van der Waals surface area contributed by atoms with E-state index in [0.717, 1.165) is 11.5 Å². The molecule has 2 N–H and O–H groups in total. The Labute approximate surface area is 145 Å². The van der Waals surface area contributed by atoms with E-state index >= 15 is 0 Å². The van der Waals surface area contributed by atoms with Gasteiger partial charge in [0.05, 0.1) is 10.6 Å². The fourth-order valence-electron chi connectivity index (χ4n) is 2.00. The van der Waals surface area contributed by atoms with Gasteiger partial charge < -0.3 is 5.32 Å². The molecule has 0 bridgehead atoms. The molecule has 0 saturated carbocycles. The lowest BCUT2D eigenvalue weighted by atomic mass is 10.1. The first kappa shape index (κ1) is 18.5. The van der Waals surface area contributed by atoms with Crippen molar-refractivity contribution < 1.29 is 13.2 Å². The third kappa shape index (κ3) is 4.59. The van der Waals surface area contributed by atoms with Crippen molar-refractivity contribution >= 4 is 33.2 Å². The Hall–Kier alpha value is -1.84. The standard InChI is InChI=1S/C15H20N4O3S2/c1-5-12-13(23-19-17-12)14(20)16-10-7-6-8-11(9-10)24(21,22)18-15(2,3)4/h6-9,18H,5H2,1-4H3,(H,16,20). The van der Waals surface area contributed by atoms with Gasteiger partial charge in [-0.1, -0.05) is 17.5 Å². The zero-order valence-corrected chi connectivity index (χ0v) is 15.6. The maximum atomic E-state index is 12.4. The first-order chi connectivity index (χ1) is 11.1. The molecular weight excluding hydrogens is 348 g/mol. The second-order valence-corrected chi connectivity index (χ2v) is 8.68. The van der Waals surface area contributed by atoms with Crippen LogP contribution in [0.3, 0.4) is 0 Å². The molecule has 24 heavy (non-hydrogen) atoms. The zero-order chi connectivity index (χ0) is 18.0. The zero-order valence-electron chi connectivity index (χ0n) is 14.0. The Morgan fingerprint density at radius 1 is 1.29 bits per heavy atom. The highest BCUT2D eigenvalue weighted by Gasteiger charge is 2.22. The summed E-state index contributed by atoms with van der Waals surface area (Å²) in [5.41, 5.74) is 0.422. The summed E-state index contributed by atoms with van der Waals surface area (Å²) in [5, 5.41) is 6.59. The van der Waals surface area contributed by atoms with Crippen LogP contribution in [0, 0.1) is 0 Å². The van der Waals surface area contributed by atoms with Crippen LogP contribution in [0.5, 0.6) is 0 Å². The molecule has 0 fully saturated rings. The molecule has 0 aliphatic heterocycles. The highest BCUT2D eigenvalue weighted by molar-refractivity contribution is 7.89. The molecule has 2 rings (SSSR count). The summed E-state index contributed by atoms with van der Waals surface area (Å²) in [4.78, 5) is 12.8. The molecule has 1 heterocycles. The maximum absolute atomic E-state index is 12.4. The Morgan fingerprint density at radius 2 is 2.00 bits per heavy atom. The number of rotatable bonds is 5. The van der Waals surface area contributed by atoms with Crippen LogP contribution in [0.4, 0.5) is 5.69 Å². The number of hydrogen-bond donors (Lipinski definition) is 2. The first-order valence-corrected chi connectivity index (χ1v) is 9.64. The third-order valence-electron chi connectivity index (χ3n) is 2.94. The van der Waals surface area contributed by atoms with E-state index in [4.69, 9.17) is 0 Å². The van der Waals surface area contributed by atoms with Crippen LogP contribution >= 0.6 is 11.5 Å². The predicted molar refractivity (Wildman–Crippen MR) is 93.8 cm³/mol. The monoisotopic (exact) mass is 368 g/mol. The van der Waals surface area contributed by atoms with E-state index < -0.39 is 15.6 Å². The molecule has 130 valence electrons. The Morgan fingerprint density at radius 3 is 2.62 bits per heavy atom. The normalized spacial score (nSPS) is 12.2. The van der Waals surface area contributed by atoms with Crippen LogP contribution in [0.25, 0.3) is 0 Å². The molecule has 1 aromatic heterocycles. The second kappa shape index (κ2) is 6.96. The Balaban J connectivity index is 2.24. The summed E-state index contributed by atoms with van der Waals surface area (Å²) in [6.45, 7) is 7.18. The molecule has 0 saturated heterocycles. The number of nitrogens with zero attached hydrogens (tertiary/aromatic N) is 2. The lowest BCUT2D eigenvalue weighted by Crippen LogP contribution is -2.40. The first-order valence-electron chi connectivity index (χ1n) is 7.39. The number of aryl methyl sites for hydroxylation is 1. The van der Waals surface area contributed by atoms with Crippen LogP contribution < -0.4 is 10.0 Å². The second-order valence-electron chi connectivity index (χ2n) is 6.24. The van der Waals surface area contributed by atoms with Gasteiger partial charge in [-0.25, -0.2) is 13.1 Å². The summed E-state index contributed by atoms with van der Waals surface area (Å²) < 4.78 is 31.1. The Kier molecular flexibility index (Phi) is 5.36. The number of amides is 1. The quantitative estimate of drug-likeness (QED) is 0.844. The van der Waals surface area contributed by atoms with Gasteiger partial charge in [-0.2, -0.15) is 0 Å². The molecule has 0 aliphatic carbocycles. The molecule has 0 atom stereocenters. The summed E-state index contributed by atoms with van der Waals surface area (Å²) in [6, 6.07) is 6.12. The lowest BCUT2D eigenvalue weighted by Gasteiger charge is -2.20. The maximum Gasteiger partial charge on any atom is 0.269 e. The summed E-state index contributed by atoms with van der Waals surface area (Å²) >= 11 is 1.02. The van der Waals surface area contributed by atoms with E-state index in [1.54, 1.807) is 32.9 Å². The number of nitrogens with one attached hydrogen (secondary N) is 2. The van der Waals surface area contributed by atoms with Gasteiger partial charge in [-0.05, 0) is 56.9 Å². The van der Waals surface area contributed by atoms with Crippen molar-refractivity contribution in [1.29, 1.82) is 0 Å². The van der Waals surface area contributed by atoms with Crippen molar-refractivity contribution in [1.82, 2.24) is 14.3 Å². The molecular formula is C15H20N4O3S2. The predicted octanol–water partition coefficient (Wildman–Crippen LogP) is 2.43. The number of benzene rings is 1. The van der Waals surface area contributed by atoms with E-state index in [0.29, 0.717) is 22.7 Å². The van der Waals surface area contributed by atoms with E-state index in [1.165, 1.54) is 12.1 Å². The fourth-order valence-corrected chi connectivity index (χ4v) is 4.11. The van der Waals surface area contributed by atoms with Crippen LogP contribution in [0.15, 0.2) is 29.2 Å². The van der Waals surface area contributed by atoms with Crippen LogP contribution in [0.2, 0.25) is 0 Å². The third-order valence-corrected chi connectivity index (χ3v) is 5.46. The van der Waals surface area contributed by atoms with Gasteiger partial charge in [0, 0.05) is 11.2 Å². The van der Waals surface area contributed by atoms with Gasteiger partial charge in [0.2, 0.25) is 10.0 Å². The minimum absolute atomic E-state index is 0.0911. The largest absolute Gasteiger partial charge is 0.321 e. The average Bonchev–Trinajstić information content (AvgIpc) is 2.93. The van der Waals surface area contributed by atoms with Crippen molar-refractivity contribution in [3.05, 3.63) is 34.8 Å². The molecule has 1 amide bonds. The van der Waals surface area contributed by atoms with Gasteiger partial charge in [-0.15, -0.1) is 5.10 Å². The molecule has 7 nitrogen and oxygen atoms in total. The molecule has 2 aromatic rings. The smallest absolute Gasteiger partial charge is 0.269 e. The highest BCUT2D eigenvalue weighted by Crippen LogP contribution is 2.19. The van der Waals surface area contributed by atoms with Gasteiger partial charge in [0.15, 0.2) is 0 Å². The SMILES string of the molecule is CCc1nnsc1C(=O)Nc1cccc(S(=O)(=O)NC(C)(C)C)c1. The lowest BCUT2D eigenvalue weighted by molar-refractivity contribution is 0.102.